The molecule has 0 aliphatic carbocycles. The molecule has 0 aliphatic rings. The molecular weight excluding hydrogens is 348 g/mol. The Morgan fingerprint density at radius 2 is 1.46 bits per heavy atom. The standard InChI is InChI=1S/C20H26N2O3S/c1-12-9-15(4)19(16(5)10-12)26(24,25)22-17(6)20(23)21-18-8-7-13(2)14(3)11-18/h7-11,17,22H,1-6H3,(H,21,23). The topological polar surface area (TPSA) is 75.3 Å². The van der Waals surface area contributed by atoms with Crippen molar-refractivity contribution < 1.29 is 13.2 Å². The summed E-state index contributed by atoms with van der Waals surface area (Å²) >= 11 is 0. The predicted octanol–water partition coefficient (Wildman–Crippen LogP) is 3.53. The summed E-state index contributed by atoms with van der Waals surface area (Å²) in [6.45, 7) is 10.9. The molecule has 0 heterocycles. The van der Waals surface area contributed by atoms with Gasteiger partial charge in [-0.05, 0) is 75.9 Å². The molecule has 0 saturated carbocycles. The maximum absolute atomic E-state index is 12.8. The first kappa shape index (κ1) is 20.1. The zero-order valence-corrected chi connectivity index (χ0v) is 16.9. The molecule has 0 aromatic heterocycles. The van der Waals surface area contributed by atoms with Crippen LogP contribution in [-0.4, -0.2) is 20.4 Å². The fraction of sp³-hybridized carbons (Fsp3) is 0.350. The van der Waals surface area contributed by atoms with Gasteiger partial charge in [-0.1, -0.05) is 23.8 Å². The van der Waals surface area contributed by atoms with Gasteiger partial charge in [-0.3, -0.25) is 4.79 Å². The van der Waals surface area contributed by atoms with Crippen LogP contribution in [-0.2, 0) is 14.8 Å². The smallest absolute Gasteiger partial charge is 0.242 e. The van der Waals surface area contributed by atoms with E-state index in [9.17, 15) is 13.2 Å². The first-order valence-electron chi connectivity index (χ1n) is 8.49. The molecule has 140 valence electrons. The molecule has 6 heteroatoms. The van der Waals surface area contributed by atoms with E-state index in [1.807, 2.05) is 45.0 Å². The van der Waals surface area contributed by atoms with E-state index in [2.05, 4.69) is 10.0 Å². The zero-order chi connectivity index (χ0) is 19.6. The Labute approximate surface area is 155 Å². The molecule has 0 fully saturated rings. The van der Waals surface area contributed by atoms with Gasteiger partial charge in [0.15, 0.2) is 0 Å². The van der Waals surface area contributed by atoms with Crippen LogP contribution in [0.2, 0.25) is 0 Å². The number of hydrogen-bond donors (Lipinski definition) is 2. The molecule has 2 aromatic carbocycles. The van der Waals surface area contributed by atoms with E-state index < -0.39 is 22.0 Å². The lowest BCUT2D eigenvalue weighted by atomic mass is 10.1. The van der Waals surface area contributed by atoms with Crippen molar-refractivity contribution >= 4 is 21.6 Å². The van der Waals surface area contributed by atoms with Crippen LogP contribution >= 0.6 is 0 Å². The van der Waals surface area contributed by atoms with E-state index in [1.54, 1.807) is 19.9 Å². The Hall–Kier alpha value is -2.18. The molecule has 5 nitrogen and oxygen atoms in total. The number of hydrogen-bond acceptors (Lipinski definition) is 3. The number of carbonyl (C=O) groups is 1. The highest BCUT2D eigenvalue weighted by molar-refractivity contribution is 7.89. The quantitative estimate of drug-likeness (QED) is 0.841. The minimum Gasteiger partial charge on any atom is -0.325 e. The van der Waals surface area contributed by atoms with Crippen LogP contribution in [0.15, 0.2) is 35.2 Å². The predicted molar refractivity (Wildman–Crippen MR) is 105 cm³/mol. The Bertz CT molecular complexity index is 927. The van der Waals surface area contributed by atoms with Gasteiger partial charge in [-0.25, -0.2) is 8.42 Å². The van der Waals surface area contributed by atoms with E-state index in [-0.39, 0.29) is 4.90 Å². The number of carbonyl (C=O) groups excluding carboxylic acids is 1. The second kappa shape index (κ2) is 7.60. The van der Waals surface area contributed by atoms with E-state index in [0.717, 1.165) is 16.7 Å². The Balaban J connectivity index is 2.18. The van der Waals surface area contributed by atoms with Crippen LogP contribution in [0.25, 0.3) is 0 Å². The SMILES string of the molecule is Cc1cc(C)c(S(=O)(=O)NC(C)C(=O)Nc2ccc(C)c(C)c2)c(C)c1. The van der Waals surface area contributed by atoms with Gasteiger partial charge in [0, 0.05) is 5.69 Å². The van der Waals surface area contributed by atoms with Gasteiger partial charge in [0.1, 0.15) is 0 Å². The highest BCUT2D eigenvalue weighted by Crippen LogP contribution is 2.22. The maximum atomic E-state index is 12.8. The summed E-state index contributed by atoms with van der Waals surface area (Å²) in [6, 6.07) is 8.32. The maximum Gasteiger partial charge on any atom is 0.242 e. The molecule has 1 atom stereocenters. The van der Waals surface area contributed by atoms with Crippen LogP contribution in [0.1, 0.15) is 34.7 Å². The van der Waals surface area contributed by atoms with Crippen LogP contribution in [0.5, 0.6) is 0 Å². The summed E-state index contributed by atoms with van der Waals surface area (Å²) in [5.74, 6) is -0.403. The zero-order valence-electron chi connectivity index (χ0n) is 16.1. The van der Waals surface area contributed by atoms with E-state index in [4.69, 9.17) is 0 Å². The van der Waals surface area contributed by atoms with Crippen LogP contribution < -0.4 is 10.0 Å². The van der Waals surface area contributed by atoms with E-state index in [0.29, 0.717) is 16.8 Å². The van der Waals surface area contributed by atoms with Gasteiger partial charge < -0.3 is 5.32 Å². The van der Waals surface area contributed by atoms with Gasteiger partial charge >= 0.3 is 0 Å². The van der Waals surface area contributed by atoms with Crippen molar-refractivity contribution in [2.24, 2.45) is 0 Å². The minimum atomic E-state index is -3.80. The number of aryl methyl sites for hydroxylation is 5. The molecule has 2 rings (SSSR count). The second-order valence-electron chi connectivity index (χ2n) is 6.86. The molecular formula is C20H26N2O3S. The fourth-order valence-corrected chi connectivity index (χ4v) is 4.66. The van der Waals surface area contributed by atoms with Gasteiger partial charge in [0.2, 0.25) is 15.9 Å². The number of anilines is 1. The first-order valence-corrected chi connectivity index (χ1v) is 9.98. The van der Waals surface area contributed by atoms with E-state index >= 15 is 0 Å². The van der Waals surface area contributed by atoms with Crippen molar-refractivity contribution in [3.63, 3.8) is 0 Å². The number of rotatable bonds is 5. The molecule has 2 N–H and O–H groups in total. The third kappa shape index (κ3) is 4.51. The molecule has 1 unspecified atom stereocenters. The van der Waals surface area contributed by atoms with Crippen molar-refractivity contribution in [2.45, 2.75) is 52.5 Å². The summed E-state index contributed by atoms with van der Waals surface area (Å²) in [5, 5.41) is 2.76. The Morgan fingerprint density at radius 3 is 2.00 bits per heavy atom. The van der Waals surface area contributed by atoms with Crippen LogP contribution in [0.3, 0.4) is 0 Å². The van der Waals surface area contributed by atoms with Gasteiger partial charge in [-0.15, -0.1) is 0 Å². The highest BCUT2D eigenvalue weighted by Gasteiger charge is 2.25. The molecule has 1 amide bonds. The lowest BCUT2D eigenvalue weighted by molar-refractivity contribution is -0.117. The number of benzene rings is 2. The second-order valence-corrected chi connectivity index (χ2v) is 8.51. The molecule has 2 aromatic rings. The molecule has 0 aliphatic heterocycles. The minimum absolute atomic E-state index is 0.230. The summed E-state index contributed by atoms with van der Waals surface area (Å²) in [5.41, 5.74) is 5.16. The van der Waals surface area contributed by atoms with Crippen molar-refractivity contribution in [1.82, 2.24) is 4.72 Å². The third-order valence-electron chi connectivity index (χ3n) is 4.37. The monoisotopic (exact) mass is 374 g/mol. The van der Waals surface area contributed by atoms with Crippen molar-refractivity contribution in [3.8, 4) is 0 Å². The fourth-order valence-electron chi connectivity index (χ4n) is 3.01. The lowest BCUT2D eigenvalue weighted by Crippen LogP contribution is -2.42. The first-order chi connectivity index (χ1) is 12.0. The van der Waals surface area contributed by atoms with E-state index in [1.165, 1.54) is 6.92 Å². The van der Waals surface area contributed by atoms with Crippen molar-refractivity contribution in [3.05, 3.63) is 58.1 Å². The molecule has 0 radical (unpaired) electrons. The number of amides is 1. The van der Waals surface area contributed by atoms with Gasteiger partial charge in [0.05, 0.1) is 10.9 Å². The lowest BCUT2D eigenvalue weighted by Gasteiger charge is -2.17. The van der Waals surface area contributed by atoms with Crippen molar-refractivity contribution in [1.29, 1.82) is 0 Å². The van der Waals surface area contributed by atoms with Crippen LogP contribution in [0, 0.1) is 34.6 Å². The average molecular weight is 375 g/mol. The van der Waals surface area contributed by atoms with Crippen molar-refractivity contribution in [2.75, 3.05) is 5.32 Å². The molecule has 0 spiro atoms. The third-order valence-corrected chi connectivity index (χ3v) is 6.22. The number of nitrogens with one attached hydrogen (secondary N) is 2. The molecule has 26 heavy (non-hydrogen) atoms. The summed E-state index contributed by atoms with van der Waals surface area (Å²) in [4.78, 5) is 12.6. The average Bonchev–Trinajstić information content (AvgIpc) is 2.48. The highest BCUT2D eigenvalue weighted by atomic mass is 32.2. The molecule has 0 bridgehead atoms. The summed E-state index contributed by atoms with van der Waals surface area (Å²) in [6.07, 6.45) is 0. The molecule has 0 saturated heterocycles. The van der Waals surface area contributed by atoms with Gasteiger partial charge in [-0.2, -0.15) is 4.72 Å². The van der Waals surface area contributed by atoms with Crippen LogP contribution in [0.4, 0.5) is 5.69 Å². The van der Waals surface area contributed by atoms with Gasteiger partial charge in [0.25, 0.3) is 0 Å². The summed E-state index contributed by atoms with van der Waals surface area (Å²) in [7, 11) is -3.80. The Kier molecular flexibility index (Phi) is 5.88. The number of sulfonamides is 1. The Morgan fingerprint density at radius 1 is 0.885 bits per heavy atom. The largest absolute Gasteiger partial charge is 0.325 e. The normalized spacial score (nSPS) is 12.7. The summed E-state index contributed by atoms with van der Waals surface area (Å²) < 4.78 is 28.0.